The van der Waals surface area contributed by atoms with Crippen molar-refractivity contribution in [2.24, 2.45) is 0 Å². The molecule has 0 atom stereocenters. The van der Waals surface area contributed by atoms with E-state index in [9.17, 15) is 4.79 Å². The summed E-state index contributed by atoms with van der Waals surface area (Å²) in [6.45, 7) is 4.01. The number of aryl methyl sites for hydroxylation is 2. The molecule has 0 spiro atoms. The summed E-state index contributed by atoms with van der Waals surface area (Å²) in [6, 6.07) is 13.5. The van der Waals surface area contributed by atoms with Gasteiger partial charge >= 0.3 is 0 Å². The lowest BCUT2D eigenvalue weighted by molar-refractivity contribution is -0.113. The summed E-state index contributed by atoms with van der Waals surface area (Å²) in [5, 5.41) is 15.0. The normalized spacial score (nSPS) is 10.5. The number of carbonyl (C=O) groups excluding carboxylic acids is 1. The van der Waals surface area contributed by atoms with Gasteiger partial charge in [0.2, 0.25) is 11.0 Å². The lowest BCUT2D eigenvalue weighted by atomic mass is 10.1. The maximum Gasteiger partial charge on any atom is 0.234 e. The van der Waals surface area contributed by atoms with Crippen molar-refractivity contribution < 1.29 is 9.53 Å². The number of hydrogen-bond donors (Lipinski definition) is 2. The number of nitrogens with one attached hydrogen (secondary N) is 2. The van der Waals surface area contributed by atoms with E-state index >= 15 is 0 Å². The van der Waals surface area contributed by atoms with Crippen LogP contribution in [0.2, 0.25) is 0 Å². The second kappa shape index (κ2) is 8.88. The highest BCUT2D eigenvalue weighted by Crippen LogP contribution is 2.28. The summed E-state index contributed by atoms with van der Waals surface area (Å²) in [6.07, 6.45) is 0. The number of ether oxygens (including phenoxy) is 1. The van der Waals surface area contributed by atoms with Crippen molar-refractivity contribution in [3.05, 3.63) is 53.6 Å². The van der Waals surface area contributed by atoms with Gasteiger partial charge < -0.3 is 15.4 Å². The molecule has 6 nitrogen and oxygen atoms in total. The lowest BCUT2D eigenvalue weighted by Gasteiger charge is -2.08. The molecular weight excluding hydrogens is 380 g/mol. The number of benzene rings is 2. The molecule has 0 saturated carbocycles. The number of nitrogens with zero attached hydrogens (tertiary/aromatic N) is 2. The maximum atomic E-state index is 12.2. The Labute approximate surface area is 166 Å². The Morgan fingerprint density at radius 3 is 2.63 bits per heavy atom. The van der Waals surface area contributed by atoms with Crippen LogP contribution in [0.3, 0.4) is 0 Å². The first-order valence-corrected chi connectivity index (χ1v) is 10.1. The fourth-order valence-corrected chi connectivity index (χ4v) is 3.96. The summed E-state index contributed by atoms with van der Waals surface area (Å²) < 4.78 is 5.88. The smallest absolute Gasteiger partial charge is 0.234 e. The number of anilines is 3. The first kappa shape index (κ1) is 19.2. The van der Waals surface area contributed by atoms with Crippen molar-refractivity contribution in [2.75, 3.05) is 23.5 Å². The van der Waals surface area contributed by atoms with E-state index in [0.29, 0.717) is 5.13 Å². The summed E-state index contributed by atoms with van der Waals surface area (Å²) in [5.74, 6) is 1.01. The third-order valence-electron chi connectivity index (χ3n) is 3.73. The Kier molecular flexibility index (Phi) is 6.31. The van der Waals surface area contributed by atoms with Crippen LogP contribution in [-0.4, -0.2) is 29.0 Å². The Balaban J connectivity index is 1.52. The van der Waals surface area contributed by atoms with Crippen LogP contribution in [0.15, 0.2) is 46.8 Å². The predicted octanol–water partition coefficient (Wildman–Crippen LogP) is 4.64. The Bertz CT molecular complexity index is 926. The van der Waals surface area contributed by atoms with E-state index in [4.69, 9.17) is 4.74 Å². The van der Waals surface area contributed by atoms with Gasteiger partial charge in [-0.2, -0.15) is 0 Å². The molecular formula is C19H20N4O2S2. The summed E-state index contributed by atoms with van der Waals surface area (Å²) in [5.41, 5.74) is 3.96. The third kappa shape index (κ3) is 5.45. The summed E-state index contributed by atoms with van der Waals surface area (Å²) in [7, 11) is 1.63. The van der Waals surface area contributed by atoms with E-state index < -0.39 is 0 Å². The van der Waals surface area contributed by atoms with Gasteiger partial charge in [-0.05, 0) is 49.7 Å². The van der Waals surface area contributed by atoms with Crippen LogP contribution in [0.4, 0.5) is 16.5 Å². The molecule has 0 aliphatic carbocycles. The average Bonchev–Trinajstić information content (AvgIpc) is 3.10. The number of methoxy groups -OCH3 is 1. The summed E-state index contributed by atoms with van der Waals surface area (Å²) in [4.78, 5) is 12.2. The number of hydrogen-bond acceptors (Lipinski definition) is 7. The van der Waals surface area contributed by atoms with Gasteiger partial charge in [0.25, 0.3) is 0 Å². The van der Waals surface area contributed by atoms with E-state index in [1.807, 2.05) is 56.3 Å². The van der Waals surface area contributed by atoms with Gasteiger partial charge in [0.15, 0.2) is 4.34 Å². The van der Waals surface area contributed by atoms with E-state index in [2.05, 4.69) is 20.8 Å². The van der Waals surface area contributed by atoms with Crippen LogP contribution < -0.4 is 15.4 Å². The first-order chi connectivity index (χ1) is 13.0. The second-order valence-electron chi connectivity index (χ2n) is 5.88. The van der Waals surface area contributed by atoms with Gasteiger partial charge in [-0.15, -0.1) is 10.2 Å². The molecule has 0 radical (unpaired) electrons. The number of thioether (sulfide) groups is 1. The number of carbonyl (C=O) groups is 1. The highest BCUT2D eigenvalue weighted by Gasteiger charge is 2.10. The molecule has 1 heterocycles. The van der Waals surface area contributed by atoms with Gasteiger partial charge in [0, 0.05) is 11.4 Å². The number of amides is 1. The zero-order valence-corrected chi connectivity index (χ0v) is 16.9. The Morgan fingerprint density at radius 1 is 1.15 bits per heavy atom. The van der Waals surface area contributed by atoms with Crippen LogP contribution in [-0.2, 0) is 4.79 Å². The van der Waals surface area contributed by atoms with Crippen molar-refractivity contribution >= 4 is 45.5 Å². The van der Waals surface area contributed by atoms with Crippen LogP contribution >= 0.6 is 23.1 Å². The molecule has 0 fully saturated rings. The Hall–Kier alpha value is -2.58. The molecule has 3 rings (SSSR count). The molecule has 140 valence electrons. The molecule has 0 unspecified atom stereocenters. The minimum absolute atomic E-state index is 0.0631. The quantitative estimate of drug-likeness (QED) is 0.563. The molecule has 0 saturated heterocycles. The van der Waals surface area contributed by atoms with Crippen molar-refractivity contribution in [3.63, 3.8) is 0 Å². The van der Waals surface area contributed by atoms with Gasteiger partial charge in [-0.1, -0.05) is 40.8 Å². The SMILES string of the molecule is COc1ccc(Nc2nnc(SCC(=O)Nc3ccc(C)cc3C)s2)cc1. The molecule has 8 heteroatoms. The molecule has 1 amide bonds. The minimum Gasteiger partial charge on any atom is -0.497 e. The van der Waals surface area contributed by atoms with Crippen LogP contribution in [0.5, 0.6) is 5.75 Å². The molecule has 27 heavy (non-hydrogen) atoms. The molecule has 3 aromatic rings. The van der Waals surface area contributed by atoms with Crippen LogP contribution in [0, 0.1) is 13.8 Å². The van der Waals surface area contributed by atoms with Crippen molar-refractivity contribution in [1.29, 1.82) is 0 Å². The highest BCUT2D eigenvalue weighted by molar-refractivity contribution is 8.01. The predicted molar refractivity (Wildman–Crippen MR) is 111 cm³/mol. The number of rotatable bonds is 7. The van der Waals surface area contributed by atoms with Crippen molar-refractivity contribution in [3.8, 4) is 5.75 Å². The van der Waals surface area contributed by atoms with Crippen LogP contribution in [0.1, 0.15) is 11.1 Å². The molecule has 2 aromatic carbocycles. The number of aromatic nitrogens is 2. The van der Waals surface area contributed by atoms with E-state index in [-0.39, 0.29) is 11.7 Å². The van der Waals surface area contributed by atoms with Gasteiger partial charge in [0.05, 0.1) is 12.9 Å². The third-order valence-corrected chi connectivity index (χ3v) is 5.70. The standard InChI is InChI=1S/C19H20N4O2S2/c1-12-4-9-16(13(2)10-12)21-17(24)11-26-19-23-22-18(27-19)20-14-5-7-15(25-3)8-6-14/h4-10H,11H2,1-3H3,(H,20,22)(H,21,24). The molecule has 0 bridgehead atoms. The zero-order chi connectivity index (χ0) is 19.2. The fourth-order valence-electron chi connectivity index (χ4n) is 2.38. The zero-order valence-electron chi connectivity index (χ0n) is 15.3. The van der Waals surface area contributed by atoms with Crippen molar-refractivity contribution in [2.45, 2.75) is 18.2 Å². The minimum atomic E-state index is -0.0631. The highest BCUT2D eigenvalue weighted by atomic mass is 32.2. The van der Waals surface area contributed by atoms with Crippen molar-refractivity contribution in [1.82, 2.24) is 10.2 Å². The topological polar surface area (TPSA) is 76.1 Å². The summed E-state index contributed by atoms with van der Waals surface area (Å²) >= 11 is 2.78. The fraction of sp³-hybridized carbons (Fsp3) is 0.211. The molecule has 2 N–H and O–H groups in total. The molecule has 0 aliphatic rings. The van der Waals surface area contributed by atoms with Gasteiger partial charge in [-0.25, -0.2) is 0 Å². The average molecular weight is 401 g/mol. The van der Waals surface area contributed by atoms with E-state index in [1.165, 1.54) is 28.7 Å². The monoisotopic (exact) mass is 400 g/mol. The van der Waals surface area contributed by atoms with Crippen LogP contribution in [0.25, 0.3) is 0 Å². The first-order valence-electron chi connectivity index (χ1n) is 8.28. The van der Waals surface area contributed by atoms with Gasteiger partial charge in [0.1, 0.15) is 5.75 Å². The lowest BCUT2D eigenvalue weighted by Crippen LogP contribution is -2.14. The van der Waals surface area contributed by atoms with Gasteiger partial charge in [-0.3, -0.25) is 4.79 Å². The van der Waals surface area contributed by atoms with E-state index in [0.717, 1.165) is 27.0 Å². The van der Waals surface area contributed by atoms with E-state index in [1.54, 1.807) is 7.11 Å². The second-order valence-corrected chi connectivity index (χ2v) is 8.08. The molecule has 1 aromatic heterocycles. The maximum absolute atomic E-state index is 12.2. The molecule has 0 aliphatic heterocycles. The Morgan fingerprint density at radius 2 is 1.93 bits per heavy atom. The largest absolute Gasteiger partial charge is 0.497 e.